The fourth-order valence-electron chi connectivity index (χ4n) is 1.31. The van der Waals surface area contributed by atoms with Gasteiger partial charge < -0.3 is 11.1 Å². The van der Waals surface area contributed by atoms with E-state index in [1.807, 2.05) is 0 Å². The summed E-state index contributed by atoms with van der Waals surface area (Å²) in [5.74, 6) is 0. The van der Waals surface area contributed by atoms with Gasteiger partial charge in [-0.3, -0.25) is 0 Å². The van der Waals surface area contributed by atoms with Crippen LogP contribution < -0.4 is 15.8 Å². The lowest BCUT2D eigenvalue weighted by atomic mass is 10.2. The first-order chi connectivity index (χ1) is 8.29. The Hall–Kier alpha value is -0.890. The van der Waals surface area contributed by atoms with Crippen molar-refractivity contribution in [3.63, 3.8) is 0 Å². The van der Waals surface area contributed by atoms with Gasteiger partial charge in [-0.2, -0.15) is 0 Å². The number of rotatable bonds is 6. The molecule has 0 fully saturated rings. The molecule has 0 saturated heterocycles. The van der Waals surface area contributed by atoms with E-state index in [1.165, 1.54) is 0 Å². The van der Waals surface area contributed by atoms with E-state index in [0.29, 0.717) is 17.1 Å². The van der Waals surface area contributed by atoms with Gasteiger partial charge in [-0.05, 0) is 18.2 Å². The van der Waals surface area contributed by atoms with Crippen molar-refractivity contribution in [1.82, 2.24) is 4.72 Å². The van der Waals surface area contributed by atoms with Crippen LogP contribution >= 0.6 is 23.8 Å². The van der Waals surface area contributed by atoms with Crippen LogP contribution in [0.15, 0.2) is 18.2 Å². The maximum Gasteiger partial charge on any atom is 0.208 e. The fraction of sp³-hybridized carbons (Fsp3) is 0.300. The average molecular weight is 308 g/mol. The van der Waals surface area contributed by atoms with Gasteiger partial charge in [-0.15, -0.1) is 0 Å². The molecule has 0 saturated carbocycles. The largest absolute Gasteiger partial charge is 0.389 e. The number of hydrogen-bond donors (Lipinski definition) is 3. The molecule has 0 aliphatic heterocycles. The lowest BCUT2D eigenvalue weighted by molar-refractivity contribution is 0.589. The highest BCUT2D eigenvalue weighted by Gasteiger charge is 2.06. The molecule has 0 spiro atoms. The van der Waals surface area contributed by atoms with Crippen molar-refractivity contribution in [2.24, 2.45) is 5.73 Å². The Kier molecular flexibility index (Phi) is 5.33. The van der Waals surface area contributed by atoms with Crippen LogP contribution in [0.1, 0.15) is 5.56 Å². The molecule has 0 bridgehead atoms. The molecule has 1 aromatic carbocycles. The highest BCUT2D eigenvalue weighted by molar-refractivity contribution is 7.88. The minimum absolute atomic E-state index is 0.232. The van der Waals surface area contributed by atoms with Crippen molar-refractivity contribution >= 4 is 44.5 Å². The highest BCUT2D eigenvalue weighted by Crippen LogP contribution is 2.20. The summed E-state index contributed by atoms with van der Waals surface area (Å²) in [6.07, 6.45) is 1.11. The molecular formula is C10H14ClN3O2S2. The number of halogens is 1. The lowest BCUT2D eigenvalue weighted by Crippen LogP contribution is -2.28. The molecule has 0 aliphatic rings. The van der Waals surface area contributed by atoms with Crippen molar-refractivity contribution in [3.05, 3.63) is 28.8 Å². The second-order valence-electron chi connectivity index (χ2n) is 3.65. The molecule has 0 atom stereocenters. The molecule has 0 aromatic heterocycles. The van der Waals surface area contributed by atoms with E-state index in [2.05, 4.69) is 10.0 Å². The zero-order valence-electron chi connectivity index (χ0n) is 9.73. The van der Waals surface area contributed by atoms with Gasteiger partial charge in [-0.1, -0.05) is 23.8 Å². The molecule has 1 rings (SSSR count). The SMILES string of the molecule is CS(=O)(=O)NCCNc1ccc(Cl)cc1C(N)=S. The van der Waals surface area contributed by atoms with Gasteiger partial charge in [0.05, 0.1) is 6.26 Å². The third kappa shape index (κ3) is 5.18. The smallest absolute Gasteiger partial charge is 0.208 e. The third-order valence-electron chi connectivity index (χ3n) is 2.05. The molecule has 100 valence electrons. The first kappa shape index (κ1) is 15.2. The normalized spacial score (nSPS) is 11.2. The van der Waals surface area contributed by atoms with Gasteiger partial charge in [-0.25, -0.2) is 13.1 Å². The Balaban J connectivity index is 2.65. The molecule has 1 aromatic rings. The number of nitrogens with one attached hydrogen (secondary N) is 2. The van der Waals surface area contributed by atoms with E-state index in [-0.39, 0.29) is 11.5 Å². The molecule has 18 heavy (non-hydrogen) atoms. The zero-order chi connectivity index (χ0) is 13.8. The summed E-state index contributed by atoms with van der Waals surface area (Å²) in [6, 6.07) is 5.11. The first-order valence-electron chi connectivity index (χ1n) is 5.07. The number of nitrogens with two attached hydrogens (primary N) is 1. The zero-order valence-corrected chi connectivity index (χ0v) is 12.1. The molecule has 4 N–H and O–H groups in total. The van der Waals surface area contributed by atoms with E-state index in [0.717, 1.165) is 11.9 Å². The molecular weight excluding hydrogens is 294 g/mol. The van der Waals surface area contributed by atoms with E-state index in [9.17, 15) is 8.42 Å². The average Bonchev–Trinajstić information content (AvgIpc) is 2.24. The molecule has 8 heteroatoms. The Bertz CT molecular complexity index is 546. The maximum atomic E-state index is 10.9. The van der Waals surface area contributed by atoms with Crippen molar-refractivity contribution in [2.45, 2.75) is 0 Å². The van der Waals surface area contributed by atoms with Crippen LogP contribution in [-0.2, 0) is 10.0 Å². The Morgan fingerprint density at radius 2 is 2.11 bits per heavy atom. The van der Waals surface area contributed by atoms with Gasteiger partial charge in [0.25, 0.3) is 0 Å². The number of sulfonamides is 1. The van der Waals surface area contributed by atoms with Crippen LogP contribution in [-0.4, -0.2) is 32.8 Å². The van der Waals surface area contributed by atoms with Crippen LogP contribution in [0.5, 0.6) is 0 Å². The molecule has 0 unspecified atom stereocenters. The third-order valence-corrected chi connectivity index (χ3v) is 3.24. The summed E-state index contributed by atoms with van der Waals surface area (Å²) >= 11 is 10.8. The maximum absolute atomic E-state index is 10.9. The van der Waals surface area contributed by atoms with Crippen molar-refractivity contribution in [2.75, 3.05) is 24.7 Å². The molecule has 0 heterocycles. The van der Waals surface area contributed by atoms with Crippen LogP contribution in [0.2, 0.25) is 5.02 Å². The molecule has 5 nitrogen and oxygen atoms in total. The standard InChI is InChI=1S/C10H14ClN3O2S2/c1-18(15,16)14-5-4-13-9-3-2-7(11)6-8(9)10(12)17/h2-3,6,13-14H,4-5H2,1H3,(H2,12,17). The van der Waals surface area contributed by atoms with Gasteiger partial charge in [0.15, 0.2) is 0 Å². The lowest BCUT2D eigenvalue weighted by Gasteiger charge is -2.11. The van der Waals surface area contributed by atoms with Crippen molar-refractivity contribution in [3.8, 4) is 0 Å². The Labute approximate surface area is 117 Å². The number of thiocarbonyl (C=S) groups is 1. The predicted molar refractivity (Wildman–Crippen MR) is 78.7 cm³/mol. The van der Waals surface area contributed by atoms with Crippen molar-refractivity contribution < 1.29 is 8.42 Å². The molecule has 0 aliphatic carbocycles. The monoisotopic (exact) mass is 307 g/mol. The minimum atomic E-state index is -3.17. The Morgan fingerprint density at radius 3 is 2.67 bits per heavy atom. The summed E-state index contributed by atoms with van der Waals surface area (Å²) in [5, 5.41) is 3.58. The van der Waals surface area contributed by atoms with E-state index < -0.39 is 10.0 Å². The topological polar surface area (TPSA) is 84.2 Å². The second kappa shape index (κ2) is 6.33. The summed E-state index contributed by atoms with van der Waals surface area (Å²) in [6.45, 7) is 0.697. The second-order valence-corrected chi connectivity index (χ2v) is 6.36. The van der Waals surface area contributed by atoms with E-state index in [4.69, 9.17) is 29.6 Å². The summed E-state index contributed by atoms with van der Waals surface area (Å²) in [5.41, 5.74) is 6.94. The van der Waals surface area contributed by atoms with Gasteiger partial charge in [0, 0.05) is 29.4 Å². The summed E-state index contributed by atoms with van der Waals surface area (Å²) in [7, 11) is -3.17. The number of anilines is 1. The fourth-order valence-corrected chi connectivity index (χ4v) is 2.12. The van der Waals surface area contributed by atoms with Crippen LogP contribution in [0.25, 0.3) is 0 Å². The van der Waals surface area contributed by atoms with Gasteiger partial charge in [0.2, 0.25) is 10.0 Å². The number of benzene rings is 1. The van der Waals surface area contributed by atoms with E-state index >= 15 is 0 Å². The van der Waals surface area contributed by atoms with Crippen LogP contribution in [0.3, 0.4) is 0 Å². The molecule has 0 amide bonds. The molecule has 0 radical (unpaired) electrons. The van der Waals surface area contributed by atoms with Gasteiger partial charge >= 0.3 is 0 Å². The van der Waals surface area contributed by atoms with Gasteiger partial charge in [0.1, 0.15) is 4.99 Å². The van der Waals surface area contributed by atoms with Crippen molar-refractivity contribution in [1.29, 1.82) is 0 Å². The minimum Gasteiger partial charge on any atom is -0.389 e. The summed E-state index contributed by atoms with van der Waals surface area (Å²) < 4.78 is 24.1. The Morgan fingerprint density at radius 1 is 1.44 bits per heavy atom. The summed E-state index contributed by atoms with van der Waals surface area (Å²) in [4.78, 5) is 0.232. The van der Waals surface area contributed by atoms with Crippen LogP contribution in [0, 0.1) is 0 Å². The first-order valence-corrected chi connectivity index (χ1v) is 7.75. The number of hydrogen-bond acceptors (Lipinski definition) is 4. The highest BCUT2D eigenvalue weighted by atomic mass is 35.5. The predicted octanol–water partition coefficient (Wildman–Crippen LogP) is 0.935. The quantitative estimate of drug-likeness (QED) is 0.538. The van der Waals surface area contributed by atoms with E-state index in [1.54, 1.807) is 18.2 Å². The van der Waals surface area contributed by atoms with Crippen LogP contribution in [0.4, 0.5) is 5.69 Å².